The molecule has 2 heterocycles. The zero-order valence-electron chi connectivity index (χ0n) is 12.7. The largest absolute Gasteiger partial charge is 0.468 e. The molecule has 112 valence electrons. The summed E-state index contributed by atoms with van der Waals surface area (Å²) in [5.41, 5.74) is 1.03. The molecule has 1 fully saturated rings. The summed E-state index contributed by atoms with van der Waals surface area (Å²) in [5.74, 6) is -0.119. The summed E-state index contributed by atoms with van der Waals surface area (Å²) in [6.45, 7) is 5.98. The monoisotopic (exact) mass is 279 g/mol. The van der Waals surface area contributed by atoms with Crippen LogP contribution in [0.15, 0.2) is 12.3 Å². The first-order valence-corrected chi connectivity index (χ1v) is 7.51. The SMILES string of the molecule is CCC(C)n1ccc(CN2CCCCC2C(=O)OC)n1. The second kappa shape index (κ2) is 6.88. The summed E-state index contributed by atoms with van der Waals surface area (Å²) in [6, 6.07) is 2.36. The van der Waals surface area contributed by atoms with E-state index in [4.69, 9.17) is 4.74 Å². The number of aromatic nitrogens is 2. The summed E-state index contributed by atoms with van der Waals surface area (Å²) < 4.78 is 6.92. The van der Waals surface area contributed by atoms with Gasteiger partial charge >= 0.3 is 5.97 Å². The normalized spacial score (nSPS) is 21.6. The summed E-state index contributed by atoms with van der Waals surface area (Å²) in [6.07, 6.45) is 6.21. The fourth-order valence-corrected chi connectivity index (χ4v) is 2.69. The topological polar surface area (TPSA) is 47.4 Å². The lowest BCUT2D eigenvalue weighted by Crippen LogP contribution is -2.44. The maximum absolute atomic E-state index is 11.8. The van der Waals surface area contributed by atoms with E-state index in [1.54, 1.807) is 0 Å². The highest BCUT2D eigenvalue weighted by molar-refractivity contribution is 5.75. The zero-order valence-corrected chi connectivity index (χ0v) is 12.7. The number of hydrogen-bond donors (Lipinski definition) is 0. The molecular formula is C15H25N3O2. The smallest absolute Gasteiger partial charge is 0.323 e. The average Bonchev–Trinajstić information content (AvgIpc) is 2.94. The highest BCUT2D eigenvalue weighted by atomic mass is 16.5. The Kier molecular flexibility index (Phi) is 5.17. The first kappa shape index (κ1) is 15.0. The van der Waals surface area contributed by atoms with Crippen molar-refractivity contribution in [2.75, 3.05) is 13.7 Å². The number of ether oxygens (including phenoxy) is 1. The highest BCUT2D eigenvalue weighted by Gasteiger charge is 2.29. The highest BCUT2D eigenvalue weighted by Crippen LogP contribution is 2.20. The minimum atomic E-state index is -0.119. The van der Waals surface area contributed by atoms with Crippen molar-refractivity contribution in [3.63, 3.8) is 0 Å². The van der Waals surface area contributed by atoms with E-state index in [0.717, 1.165) is 44.5 Å². The number of rotatable bonds is 5. The van der Waals surface area contributed by atoms with E-state index in [1.807, 2.05) is 10.9 Å². The summed E-state index contributed by atoms with van der Waals surface area (Å²) >= 11 is 0. The van der Waals surface area contributed by atoms with Gasteiger partial charge in [0.15, 0.2) is 0 Å². The number of carbonyl (C=O) groups is 1. The van der Waals surface area contributed by atoms with E-state index in [0.29, 0.717) is 6.04 Å². The first-order chi connectivity index (χ1) is 9.65. The van der Waals surface area contributed by atoms with Crippen molar-refractivity contribution in [3.05, 3.63) is 18.0 Å². The Hall–Kier alpha value is -1.36. The van der Waals surface area contributed by atoms with Gasteiger partial charge in [-0.25, -0.2) is 0 Å². The van der Waals surface area contributed by atoms with Crippen molar-refractivity contribution < 1.29 is 9.53 Å². The van der Waals surface area contributed by atoms with Crippen LogP contribution in [0, 0.1) is 0 Å². The molecule has 0 N–H and O–H groups in total. The van der Waals surface area contributed by atoms with Gasteiger partial charge in [0.1, 0.15) is 6.04 Å². The van der Waals surface area contributed by atoms with E-state index in [2.05, 4.69) is 29.9 Å². The van der Waals surface area contributed by atoms with Crippen molar-refractivity contribution in [2.24, 2.45) is 0 Å². The number of piperidine rings is 1. The molecule has 0 bridgehead atoms. The van der Waals surface area contributed by atoms with Gasteiger partial charge in [-0.15, -0.1) is 0 Å². The lowest BCUT2D eigenvalue weighted by molar-refractivity contribution is -0.148. The quantitative estimate of drug-likeness (QED) is 0.776. The molecular weight excluding hydrogens is 254 g/mol. The van der Waals surface area contributed by atoms with Crippen LogP contribution >= 0.6 is 0 Å². The predicted molar refractivity (Wildman–Crippen MR) is 77.3 cm³/mol. The molecule has 1 aromatic heterocycles. The van der Waals surface area contributed by atoms with E-state index < -0.39 is 0 Å². The molecule has 2 rings (SSSR count). The number of carbonyl (C=O) groups excluding carboxylic acids is 1. The average molecular weight is 279 g/mol. The molecule has 0 radical (unpaired) electrons. The molecule has 1 aliphatic rings. The van der Waals surface area contributed by atoms with Crippen molar-refractivity contribution in [1.82, 2.24) is 14.7 Å². The number of hydrogen-bond acceptors (Lipinski definition) is 4. The molecule has 0 saturated carbocycles. The maximum atomic E-state index is 11.8. The van der Waals surface area contributed by atoms with Crippen molar-refractivity contribution in [3.8, 4) is 0 Å². The van der Waals surface area contributed by atoms with Crippen LogP contribution in [0.3, 0.4) is 0 Å². The van der Waals surface area contributed by atoms with Gasteiger partial charge in [0.25, 0.3) is 0 Å². The predicted octanol–water partition coefficient (Wildman–Crippen LogP) is 2.38. The lowest BCUT2D eigenvalue weighted by atomic mass is 10.0. The Balaban J connectivity index is 2.03. The molecule has 2 unspecified atom stereocenters. The van der Waals surface area contributed by atoms with E-state index in [1.165, 1.54) is 7.11 Å². The van der Waals surface area contributed by atoms with Crippen molar-refractivity contribution in [1.29, 1.82) is 0 Å². The van der Waals surface area contributed by atoms with E-state index in [-0.39, 0.29) is 12.0 Å². The Labute approximate surface area is 120 Å². The molecule has 2 atom stereocenters. The fraction of sp³-hybridized carbons (Fsp3) is 0.733. The Morgan fingerprint density at radius 1 is 1.55 bits per heavy atom. The van der Waals surface area contributed by atoms with Crippen LogP contribution in [0.1, 0.15) is 51.3 Å². The molecule has 0 aromatic carbocycles. The second-order valence-corrected chi connectivity index (χ2v) is 5.55. The van der Waals surface area contributed by atoms with Crippen molar-refractivity contribution >= 4 is 5.97 Å². The van der Waals surface area contributed by atoms with Crippen LogP contribution in [0.25, 0.3) is 0 Å². The first-order valence-electron chi connectivity index (χ1n) is 7.51. The third-order valence-electron chi connectivity index (χ3n) is 4.16. The molecule has 1 saturated heterocycles. The van der Waals surface area contributed by atoms with Crippen LogP contribution < -0.4 is 0 Å². The number of nitrogens with zero attached hydrogens (tertiary/aromatic N) is 3. The van der Waals surface area contributed by atoms with Crippen LogP contribution in [0.4, 0.5) is 0 Å². The summed E-state index contributed by atoms with van der Waals surface area (Å²) in [4.78, 5) is 14.0. The Morgan fingerprint density at radius 2 is 2.35 bits per heavy atom. The van der Waals surface area contributed by atoms with Gasteiger partial charge in [-0.2, -0.15) is 5.10 Å². The number of likely N-dealkylation sites (tertiary alicyclic amines) is 1. The Morgan fingerprint density at radius 3 is 3.05 bits per heavy atom. The third kappa shape index (κ3) is 3.39. The van der Waals surface area contributed by atoms with Gasteiger partial charge in [0.2, 0.25) is 0 Å². The van der Waals surface area contributed by atoms with Gasteiger partial charge in [-0.05, 0) is 38.8 Å². The molecule has 1 aromatic rings. The third-order valence-corrected chi connectivity index (χ3v) is 4.16. The summed E-state index contributed by atoms with van der Waals surface area (Å²) in [5, 5.41) is 4.62. The van der Waals surface area contributed by atoms with Crippen molar-refractivity contribution in [2.45, 2.75) is 58.2 Å². The molecule has 20 heavy (non-hydrogen) atoms. The molecule has 0 spiro atoms. The maximum Gasteiger partial charge on any atom is 0.323 e. The van der Waals surface area contributed by atoms with Crippen LogP contribution in [-0.4, -0.2) is 40.3 Å². The standard InChI is InChI=1S/C15H25N3O2/c1-4-12(2)18-10-8-13(16-18)11-17-9-6-5-7-14(17)15(19)20-3/h8,10,12,14H,4-7,9,11H2,1-3H3. The van der Waals surface area contributed by atoms with Gasteiger partial charge < -0.3 is 4.74 Å². The van der Waals surface area contributed by atoms with Crippen LogP contribution in [0.5, 0.6) is 0 Å². The van der Waals surface area contributed by atoms with Gasteiger partial charge in [-0.1, -0.05) is 13.3 Å². The van der Waals surface area contributed by atoms with Gasteiger partial charge in [-0.3, -0.25) is 14.4 Å². The van der Waals surface area contributed by atoms with E-state index >= 15 is 0 Å². The van der Waals surface area contributed by atoms with Crippen LogP contribution in [-0.2, 0) is 16.1 Å². The lowest BCUT2D eigenvalue weighted by Gasteiger charge is -2.33. The van der Waals surface area contributed by atoms with Gasteiger partial charge in [0.05, 0.1) is 12.8 Å². The molecule has 0 aliphatic carbocycles. The molecule has 5 heteroatoms. The van der Waals surface area contributed by atoms with Crippen LogP contribution in [0.2, 0.25) is 0 Å². The number of methoxy groups -OCH3 is 1. The number of esters is 1. The zero-order chi connectivity index (χ0) is 14.5. The van der Waals surface area contributed by atoms with Gasteiger partial charge in [0, 0.05) is 18.8 Å². The minimum Gasteiger partial charge on any atom is -0.468 e. The molecule has 5 nitrogen and oxygen atoms in total. The fourth-order valence-electron chi connectivity index (χ4n) is 2.69. The molecule has 1 aliphatic heterocycles. The Bertz CT molecular complexity index is 444. The molecule has 0 amide bonds. The second-order valence-electron chi connectivity index (χ2n) is 5.55. The minimum absolute atomic E-state index is 0.109. The van der Waals surface area contributed by atoms with E-state index in [9.17, 15) is 4.79 Å². The summed E-state index contributed by atoms with van der Waals surface area (Å²) in [7, 11) is 1.47.